The van der Waals surface area contributed by atoms with Crippen molar-refractivity contribution in [2.75, 3.05) is 6.54 Å². The van der Waals surface area contributed by atoms with Crippen LogP contribution in [0.2, 0.25) is 0 Å². The van der Waals surface area contributed by atoms with Crippen LogP contribution in [0.15, 0.2) is 0 Å². The molecule has 1 saturated heterocycles. The summed E-state index contributed by atoms with van der Waals surface area (Å²) in [5.41, 5.74) is 0. The van der Waals surface area contributed by atoms with Crippen molar-refractivity contribution in [3.63, 3.8) is 0 Å². The van der Waals surface area contributed by atoms with Gasteiger partial charge in [-0.15, -0.1) is 0 Å². The van der Waals surface area contributed by atoms with E-state index in [1.165, 1.54) is 0 Å². The molecular formula is C14H25NO3. The minimum Gasteiger partial charge on any atom is -0.481 e. The largest absolute Gasteiger partial charge is 0.481 e. The molecule has 1 rings (SSSR count). The minimum atomic E-state index is -0.782. The molecule has 4 atom stereocenters. The molecule has 1 N–H and O–H groups in total. The number of hydrogen-bond donors (Lipinski definition) is 1. The fourth-order valence-corrected chi connectivity index (χ4v) is 2.47. The smallest absolute Gasteiger partial charge is 0.308 e. The Hall–Kier alpha value is -1.06. The van der Waals surface area contributed by atoms with Gasteiger partial charge in [0.2, 0.25) is 5.91 Å². The van der Waals surface area contributed by atoms with E-state index in [-0.39, 0.29) is 17.9 Å². The highest BCUT2D eigenvalue weighted by atomic mass is 16.4. The van der Waals surface area contributed by atoms with Crippen molar-refractivity contribution in [2.45, 2.75) is 53.0 Å². The van der Waals surface area contributed by atoms with Crippen LogP contribution in [0.25, 0.3) is 0 Å². The number of nitrogens with zero attached hydrogens (tertiary/aromatic N) is 1. The van der Waals surface area contributed by atoms with Crippen molar-refractivity contribution in [1.29, 1.82) is 0 Å². The van der Waals surface area contributed by atoms with Crippen LogP contribution in [0.4, 0.5) is 0 Å². The Morgan fingerprint density at radius 3 is 2.44 bits per heavy atom. The highest BCUT2D eigenvalue weighted by molar-refractivity contribution is 5.80. The number of rotatable bonds is 4. The van der Waals surface area contributed by atoms with E-state index in [0.29, 0.717) is 18.9 Å². The molecule has 104 valence electrons. The summed E-state index contributed by atoms with van der Waals surface area (Å²) in [5.74, 6) is -0.743. The zero-order chi connectivity index (χ0) is 13.9. The zero-order valence-electron chi connectivity index (χ0n) is 11.8. The van der Waals surface area contributed by atoms with Gasteiger partial charge in [-0.3, -0.25) is 9.59 Å². The maximum absolute atomic E-state index is 12.4. The second-order valence-corrected chi connectivity index (χ2v) is 5.63. The maximum Gasteiger partial charge on any atom is 0.308 e. The van der Waals surface area contributed by atoms with Gasteiger partial charge in [0.15, 0.2) is 0 Å². The topological polar surface area (TPSA) is 57.6 Å². The van der Waals surface area contributed by atoms with Gasteiger partial charge >= 0.3 is 5.97 Å². The third-order valence-corrected chi connectivity index (χ3v) is 4.40. The first-order valence-corrected chi connectivity index (χ1v) is 6.91. The van der Waals surface area contributed by atoms with Crippen LogP contribution >= 0.6 is 0 Å². The molecule has 1 fully saturated rings. The van der Waals surface area contributed by atoms with Crippen LogP contribution in [0, 0.1) is 17.8 Å². The van der Waals surface area contributed by atoms with Gasteiger partial charge in [-0.25, -0.2) is 0 Å². The SMILES string of the molecule is CCC(C)C(C)C(=O)N1CC(C(=O)O)CCC1C. The highest BCUT2D eigenvalue weighted by Crippen LogP contribution is 2.26. The minimum absolute atomic E-state index is 0.0232. The molecule has 0 aromatic carbocycles. The van der Waals surface area contributed by atoms with E-state index in [1.54, 1.807) is 4.90 Å². The quantitative estimate of drug-likeness (QED) is 0.839. The van der Waals surface area contributed by atoms with E-state index in [1.807, 2.05) is 13.8 Å². The van der Waals surface area contributed by atoms with E-state index in [4.69, 9.17) is 5.11 Å². The number of likely N-dealkylation sites (tertiary alicyclic amines) is 1. The van der Waals surface area contributed by atoms with Crippen molar-refractivity contribution in [3.05, 3.63) is 0 Å². The third kappa shape index (κ3) is 3.24. The first kappa shape index (κ1) is 15.0. The van der Waals surface area contributed by atoms with Crippen molar-refractivity contribution < 1.29 is 14.7 Å². The molecular weight excluding hydrogens is 230 g/mol. The first-order chi connectivity index (χ1) is 8.38. The second kappa shape index (κ2) is 6.21. The highest BCUT2D eigenvalue weighted by Gasteiger charge is 2.35. The number of carboxylic acid groups (broad SMARTS) is 1. The molecule has 0 aliphatic carbocycles. The number of carbonyl (C=O) groups is 2. The van der Waals surface area contributed by atoms with Crippen molar-refractivity contribution in [3.8, 4) is 0 Å². The molecule has 0 aromatic rings. The predicted octanol–water partition coefficient (Wildman–Crippen LogP) is 2.38. The summed E-state index contributed by atoms with van der Waals surface area (Å²) in [6.45, 7) is 8.49. The molecule has 4 unspecified atom stereocenters. The maximum atomic E-state index is 12.4. The standard InChI is InChI=1S/C14H25NO3/c1-5-9(2)11(4)13(16)15-8-12(14(17)18)7-6-10(15)3/h9-12H,5-8H2,1-4H3,(H,17,18). The Morgan fingerprint density at radius 1 is 1.33 bits per heavy atom. The first-order valence-electron chi connectivity index (χ1n) is 6.91. The Kier molecular flexibility index (Phi) is 5.17. The summed E-state index contributed by atoms with van der Waals surface area (Å²) in [6.07, 6.45) is 2.44. The third-order valence-electron chi connectivity index (χ3n) is 4.40. The Labute approximate surface area is 109 Å². The number of carboxylic acids is 1. The fourth-order valence-electron chi connectivity index (χ4n) is 2.47. The predicted molar refractivity (Wildman–Crippen MR) is 70.2 cm³/mol. The normalized spacial score (nSPS) is 27.7. The number of aliphatic carboxylic acids is 1. The summed E-state index contributed by atoms with van der Waals surface area (Å²) >= 11 is 0. The summed E-state index contributed by atoms with van der Waals surface area (Å²) in [6, 6.07) is 0.166. The van der Waals surface area contributed by atoms with Crippen LogP contribution in [-0.2, 0) is 9.59 Å². The molecule has 0 radical (unpaired) electrons. The summed E-state index contributed by atoms with van der Waals surface area (Å²) in [7, 11) is 0. The van der Waals surface area contributed by atoms with E-state index < -0.39 is 11.9 Å². The van der Waals surface area contributed by atoms with Crippen LogP contribution in [0.1, 0.15) is 47.0 Å². The molecule has 1 aliphatic rings. The van der Waals surface area contributed by atoms with E-state index >= 15 is 0 Å². The second-order valence-electron chi connectivity index (χ2n) is 5.63. The molecule has 1 aliphatic heterocycles. The Morgan fingerprint density at radius 2 is 1.94 bits per heavy atom. The number of carbonyl (C=O) groups excluding carboxylic acids is 1. The molecule has 0 saturated carbocycles. The van der Waals surface area contributed by atoms with Gasteiger partial charge in [0.05, 0.1) is 5.92 Å². The molecule has 4 nitrogen and oxygen atoms in total. The van der Waals surface area contributed by atoms with Crippen LogP contribution in [-0.4, -0.2) is 34.5 Å². The van der Waals surface area contributed by atoms with Gasteiger partial charge in [-0.1, -0.05) is 27.2 Å². The average Bonchev–Trinajstić information content (AvgIpc) is 2.36. The van der Waals surface area contributed by atoms with Crippen LogP contribution in [0.3, 0.4) is 0 Å². The molecule has 0 spiro atoms. The number of amides is 1. The van der Waals surface area contributed by atoms with E-state index in [9.17, 15) is 9.59 Å². The van der Waals surface area contributed by atoms with Crippen molar-refractivity contribution in [1.82, 2.24) is 4.90 Å². The van der Waals surface area contributed by atoms with Gasteiger partial charge in [-0.2, -0.15) is 0 Å². The zero-order valence-corrected chi connectivity index (χ0v) is 11.8. The monoisotopic (exact) mass is 255 g/mol. The molecule has 1 amide bonds. The lowest BCUT2D eigenvalue weighted by Gasteiger charge is -2.38. The lowest BCUT2D eigenvalue weighted by atomic mass is 9.88. The van der Waals surface area contributed by atoms with Crippen LogP contribution in [0.5, 0.6) is 0 Å². The summed E-state index contributed by atoms with van der Waals surface area (Å²) in [5, 5.41) is 9.08. The molecule has 1 heterocycles. The average molecular weight is 255 g/mol. The lowest BCUT2D eigenvalue weighted by Crippen LogP contribution is -2.49. The Bertz CT molecular complexity index is 316. The summed E-state index contributed by atoms with van der Waals surface area (Å²) < 4.78 is 0. The van der Waals surface area contributed by atoms with Gasteiger partial charge in [0.1, 0.15) is 0 Å². The molecule has 0 bridgehead atoms. The Balaban J connectivity index is 2.73. The van der Waals surface area contributed by atoms with Gasteiger partial charge in [0.25, 0.3) is 0 Å². The van der Waals surface area contributed by atoms with Crippen molar-refractivity contribution in [2.24, 2.45) is 17.8 Å². The molecule has 4 heteroatoms. The van der Waals surface area contributed by atoms with Gasteiger partial charge in [0, 0.05) is 18.5 Å². The molecule has 18 heavy (non-hydrogen) atoms. The van der Waals surface area contributed by atoms with Crippen molar-refractivity contribution >= 4 is 11.9 Å². The number of hydrogen-bond acceptors (Lipinski definition) is 2. The fraction of sp³-hybridized carbons (Fsp3) is 0.857. The van der Waals surface area contributed by atoms with E-state index in [2.05, 4.69) is 13.8 Å². The summed E-state index contributed by atoms with van der Waals surface area (Å²) in [4.78, 5) is 25.2. The van der Waals surface area contributed by atoms with Gasteiger partial charge < -0.3 is 10.0 Å². The number of piperidine rings is 1. The van der Waals surface area contributed by atoms with Gasteiger partial charge in [-0.05, 0) is 25.7 Å². The molecule has 0 aromatic heterocycles. The van der Waals surface area contributed by atoms with Crippen LogP contribution < -0.4 is 0 Å². The lowest BCUT2D eigenvalue weighted by molar-refractivity contribution is -0.149. The van der Waals surface area contributed by atoms with E-state index in [0.717, 1.165) is 12.8 Å².